The van der Waals surface area contributed by atoms with Gasteiger partial charge in [-0.15, -0.1) is 10.2 Å². The van der Waals surface area contributed by atoms with Gasteiger partial charge in [0.05, 0.1) is 6.42 Å². The fourth-order valence-electron chi connectivity index (χ4n) is 2.81. The van der Waals surface area contributed by atoms with E-state index < -0.39 is 0 Å². The number of hydrogen-bond donors (Lipinski definition) is 2. The molecule has 1 aliphatic rings. The molecule has 6 heteroatoms. The van der Waals surface area contributed by atoms with Crippen LogP contribution in [0.1, 0.15) is 22.9 Å². The van der Waals surface area contributed by atoms with Crippen molar-refractivity contribution < 1.29 is 9.21 Å². The maximum Gasteiger partial charge on any atom is 0.319 e. The number of nitrogens with one attached hydrogen (secondary N) is 2. The number of aromatic nitrogens is 2. The Labute approximate surface area is 138 Å². The van der Waals surface area contributed by atoms with E-state index in [-0.39, 0.29) is 6.03 Å². The van der Waals surface area contributed by atoms with E-state index in [1.807, 2.05) is 30.3 Å². The molecule has 1 aromatic heterocycles. The van der Waals surface area contributed by atoms with E-state index in [4.69, 9.17) is 4.42 Å². The molecule has 0 aliphatic carbocycles. The van der Waals surface area contributed by atoms with Crippen molar-refractivity contribution in [3.63, 3.8) is 0 Å². The van der Waals surface area contributed by atoms with Gasteiger partial charge in [-0.05, 0) is 28.3 Å². The van der Waals surface area contributed by atoms with Crippen LogP contribution in [-0.4, -0.2) is 16.2 Å². The molecular weight excluding hydrogens is 304 g/mol. The topological polar surface area (TPSA) is 80.0 Å². The Morgan fingerprint density at radius 1 is 1.12 bits per heavy atom. The van der Waals surface area contributed by atoms with E-state index in [1.165, 1.54) is 0 Å². The zero-order chi connectivity index (χ0) is 16.5. The lowest BCUT2D eigenvalue weighted by atomic mass is 9.99. The van der Waals surface area contributed by atoms with E-state index in [0.717, 1.165) is 27.9 Å². The molecule has 0 saturated heterocycles. The predicted octanol–water partition coefficient (Wildman–Crippen LogP) is 3.27. The molecule has 0 unspecified atom stereocenters. The van der Waals surface area contributed by atoms with Gasteiger partial charge in [-0.3, -0.25) is 0 Å². The number of anilines is 1. The minimum atomic E-state index is -0.167. The normalized spacial score (nSPS) is 13.1. The molecule has 1 aliphatic heterocycles. The molecule has 2 N–H and O–H groups in total. The summed E-state index contributed by atoms with van der Waals surface area (Å²) < 4.78 is 5.44. The molecule has 2 amide bonds. The van der Waals surface area contributed by atoms with Gasteiger partial charge >= 0.3 is 6.03 Å². The zero-order valence-electron chi connectivity index (χ0n) is 13.2. The minimum Gasteiger partial charge on any atom is -0.425 e. The average molecular weight is 320 g/mol. The van der Waals surface area contributed by atoms with Crippen LogP contribution in [0.4, 0.5) is 10.5 Å². The summed E-state index contributed by atoms with van der Waals surface area (Å²) in [7, 11) is 0. The molecular formula is C18H16N4O2. The van der Waals surface area contributed by atoms with Gasteiger partial charge in [0.15, 0.2) is 0 Å². The summed E-state index contributed by atoms with van der Waals surface area (Å²) in [4.78, 5) is 11.5. The Bertz CT molecular complexity index is 917. The third-order valence-corrected chi connectivity index (χ3v) is 3.98. The molecule has 0 fully saturated rings. The summed E-state index contributed by atoms with van der Waals surface area (Å²) >= 11 is 0. The van der Waals surface area contributed by atoms with Gasteiger partial charge in [0.1, 0.15) is 0 Å². The summed E-state index contributed by atoms with van der Waals surface area (Å²) in [5, 5.41) is 13.5. The van der Waals surface area contributed by atoms with Crippen LogP contribution in [0.5, 0.6) is 0 Å². The number of fused-ring (bicyclic) bond motifs is 1. The van der Waals surface area contributed by atoms with Crippen LogP contribution in [0.3, 0.4) is 0 Å². The number of carbonyl (C=O) groups is 1. The van der Waals surface area contributed by atoms with Crippen molar-refractivity contribution in [3.05, 3.63) is 65.4 Å². The number of rotatable bonds is 3. The fraction of sp³-hybridized carbons (Fsp3) is 0.167. The summed E-state index contributed by atoms with van der Waals surface area (Å²) in [6.45, 7) is 2.33. The van der Waals surface area contributed by atoms with E-state index >= 15 is 0 Å². The van der Waals surface area contributed by atoms with Gasteiger partial charge in [-0.1, -0.05) is 36.4 Å². The van der Waals surface area contributed by atoms with Crippen LogP contribution >= 0.6 is 0 Å². The van der Waals surface area contributed by atoms with Crippen molar-refractivity contribution in [3.8, 4) is 11.1 Å². The third kappa shape index (κ3) is 2.86. The summed E-state index contributed by atoms with van der Waals surface area (Å²) in [6.07, 6.45) is 0.597. The first kappa shape index (κ1) is 14.4. The number of aryl methyl sites for hydroxylation is 1. The van der Waals surface area contributed by atoms with Crippen molar-refractivity contribution in [1.29, 1.82) is 0 Å². The molecule has 2 heterocycles. The van der Waals surface area contributed by atoms with E-state index in [9.17, 15) is 4.79 Å². The van der Waals surface area contributed by atoms with Crippen molar-refractivity contribution in [2.45, 2.75) is 19.9 Å². The van der Waals surface area contributed by atoms with Crippen LogP contribution in [0.25, 0.3) is 11.1 Å². The van der Waals surface area contributed by atoms with Crippen LogP contribution in [-0.2, 0) is 13.0 Å². The monoisotopic (exact) mass is 320 g/mol. The number of carbonyl (C=O) groups excluding carboxylic acids is 1. The lowest BCUT2D eigenvalue weighted by Crippen LogP contribution is -2.33. The minimum absolute atomic E-state index is 0.167. The quantitative estimate of drug-likeness (QED) is 0.776. The molecule has 3 aromatic rings. The molecule has 120 valence electrons. The smallest absolute Gasteiger partial charge is 0.319 e. The Morgan fingerprint density at radius 3 is 2.83 bits per heavy atom. The number of nitrogens with zero attached hydrogens (tertiary/aromatic N) is 2. The average Bonchev–Trinajstić information content (AvgIpc) is 2.99. The molecule has 4 rings (SSSR count). The first-order chi connectivity index (χ1) is 11.7. The highest BCUT2D eigenvalue weighted by Crippen LogP contribution is 2.28. The number of amides is 2. The van der Waals surface area contributed by atoms with Crippen molar-refractivity contribution in [1.82, 2.24) is 15.5 Å². The number of benzene rings is 2. The molecule has 6 nitrogen and oxygen atoms in total. The second-order valence-electron chi connectivity index (χ2n) is 5.77. The fourth-order valence-corrected chi connectivity index (χ4v) is 2.81. The molecule has 24 heavy (non-hydrogen) atoms. The Hall–Kier alpha value is -3.15. The second-order valence-corrected chi connectivity index (χ2v) is 5.77. The zero-order valence-corrected chi connectivity index (χ0v) is 13.2. The van der Waals surface area contributed by atoms with Crippen molar-refractivity contribution in [2.24, 2.45) is 0 Å². The number of hydrogen-bond acceptors (Lipinski definition) is 4. The molecule has 0 atom stereocenters. The first-order valence-corrected chi connectivity index (χ1v) is 7.73. The van der Waals surface area contributed by atoms with Gasteiger partial charge in [0, 0.05) is 19.2 Å². The largest absolute Gasteiger partial charge is 0.425 e. The summed E-state index contributed by atoms with van der Waals surface area (Å²) in [5.74, 6) is 1.17. The SMILES string of the molecule is Cc1nnc(Cc2cccc(-c3ccc4c(c3)NC(=O)NC4)c2)o1. The molecule has 0 saturated carbocycles. The highest BCUT2D eigenvalue weighted by Gasteiger charge is 2.14. The van der Waals surface area contributed by atoms with Crippen LogP contribution in [0.2, 0.25) is 0 Å². The van der Waals surface area contributed by atoms with E-state index in [0.29, 0.717) is 24.7 Å². The lowest BCUT2D eigenvalue weighted by Gasteiger charge is -2.19. The molecule has 2 aromatic carbocycles. The standard InChI is InChI=1S/C18H16N4O2/c1-11-21-22-17(24-11)8-12-3-2-4-13(7-12)14-5-6-15-10-19-18(23)20-16(15)9-14/h2-7,9H,8,10H2,1H3,(H2,19,20,23). The van der Waals surface area contributed by atoms with E-state index in [1.54, 1.807) is 6.92 Å². The third-order valence-electron chi connectivity index (χ3n) is 3.98. The summed E-state index contributed by atoms with van der Waals surface area (Å²) in [5.41, 5.74) is 5.17. The molecule has 0 bridgehead atoms. The first-order valence-electron chi connectivity index (χ1n) is 7.73. The maximum absolute atomic E-state index is 11.5. The van der Waals surface area contributed by atoms with Gasteiger partial charge < -0.3 is 15.1 Å². The van der Waals surface area contributed by atoms with E-state index in [2.05, 4.69) is 33.0 Å². The second kappa shape index (κ2) is 5.81. The van der Waals surface area contributed by atoms with Gasteiger partial charge in [-0.25, -0.2) is 4.79 Å². The summed E-state index contributed by atoms with van der Waals surface area (Å²) in [6, 6.07) is 14.1. The van der Waals surface area contributed by atoms with Gasteiger partial charge in [0.25, 0.3) is 0 Å². The van der Waals surface area contributed by atoms with Gasteiger partial charge in [-0.2, -0.15) is 0 Å². The number of urea groups is 1. The highest BCUT2D eigenvalue weighted by atomic mass is 16.4. The van der Waals surface area contributed by atoms with Gasteiger partial charge in [0.2, 0.25) is 11.8 Å². The maximum atomic E-state index is 11.5. The molecule has 0 radical (unpaired) electrons. The molecule has 0 spiro atoms. The van der Waals surface area contributed by atoms with Crippen molar-refractivity contribution in [2.75, 3.05) is 5.32 Å². The van der Waals surface area contributed by atoms with Crippen LogP contribution < -0.4 is 10.6 Å². The van der Waals surface area contributed by atoms with Crippen molar-refractivity contribution >= 4 is 11.7 Å². The highest BCUT2D eigenvalue weighted by molar-refractivity contribution is 5.93. The van der Waals surface area contributed by atoms with Crippen LogP contribution in [0, 0.1) is 6.92 Å². The Kier molecular flexibility index (Phi) is 3.49. The Morgan fingerprint density at radius 2 is 2.00 bits per heavy atom. The predicted molar refractivity (Wildman–Crippen MR) is 89.6 cm³/mol. The van der Waals surface area contributed by atoms with Crippen LogP contribution in [0.15, 0.2) is 46.9 Å². The lowest BCUT2D eigenvalue weighted by molar-refractivity contribution is 0.251. The Balaban J connectivity index is 1.63.